The van der Waals surface area contributed by atoms with Crippen molar-refractivity contribution in [3.8, 4) is 0 Å². The average Bonchev–Trinajstić information content (AvgIpc) is 2.54. The van der Waals surface area contributed by atoms with E-state index in [1.807, 2.05) is 24.0 Å². The molecule has 1 aliphatic rings. The zero-order valence-corrected chi connectivity index (χ0v) is 16.2. The smallest absolute Gasteiger partial charge is 0.317 e. The van der Waals surface area contributed by atoms with Crippen LogP contribution in [0.4, 0.5) is 4.79 Å². The number of hydrogen-bond donors (Lipinski definition) is 3. The van der Waals surface area contributed by atoms with Crippen LogP contribution >= 0.6 is 0 Å². The molecule has 1 aliphatic carbocycles. The number of carboxylic acid groups (broad SMARTS) is 1. The van der Waals surface area contributed by atoms with Crippen molar-refractivity contribution >= 4 is 12.0 Å². The van der Waals surface area contributed by atoms with Crippen molar-refractivity contribution in [2.24, 2.45) is 5.92 Å². The van der Waals surface area contributed by atoms with E-state index in [9.17, 15) is 9.59 Å². The Hall–Kier alpha value is -2.08. The number of aryl methyl sites for hydroxylation is 1. The SMILES string of the molecule is CCN(CC(=O)O)C1CC(NC(=O)NC(c2ccccc2C)C(C)C)C1. The molecule has 0 radical (unpaired) electrons. The Kier molecular flexibility index (Phi) is 7.03. The zero-order chi connectivity index (χ0) is 19.3. The van der Waals surface area contributed by atoms with Gasteiger partial charge in [-0.2, -0.15) is 0 Å². The molecule has 0 saturated heterocycles. The van der Waals surface area contributed by atoms with Crippen molar-refractivity contribution < 1.29 is 14.7 Å². The molecule has 1 saturated carbocycles. The minimum atomic E-state index is -0.806. The number of aliphatic carboxylic acids is 1. The predicted octanol–water partition coefficient (Wildman–Crippen LogP) is 2.93. The number of likely N-dealkylation sites (N-methyl/N-ethyl adjacent to an activating group) is 1. The molecule has 1 atom stereocenters. The number of amides is 2. The summed E-state index contributed by atoms with van der Waals surface area (Å²) in [5.41, 5.74) is 2.31. The number of carbonyl (C=O) groups is 2. The van der Waals surface area contributed by atoms with Crippen LogP contribution in [-0.2, 0) is 4.79 Å². The minimum Gasteiger partial charge on any atom is -0.480 e. The van der Waals surface area contributed by atoms with Gasteiger partial charge in [-0.05, 0) is 43.4 Å². The summed E-state index contributed by atoms with van der Waals surface area (Å²) in [6, 6.07) is 8.26. The maximum Gasteiger partial charge on any atom is 0.317 e. The van der Waals surface area contributed by atoms with Crippen LogP contribution < -0.4 is 10.6 Å². The maximum absolute atomic E-state index is 12.4. The fourth-order valence-corrected chi connectivity index (χ4v) is 3.58. The number of urea groups is 1. The number of carboxylic acids is 1. The summed E-state index contributed by atoms with van der Waals surface area (Å²) in [6.07, 6.45) is 1.59. The number of rotatable bonds is 8. The first-order valence-electron chi connectivity index (χ1n) is 9.40. The molecule has 1 aromatic carbocycles. The third kappa shape index (κ3) is 5.21. The molecule has 0 heterocycles. The van der Waals surface area contributed by atoms with Gasteiger partial charge in [0.25, 0.3) is 0 Å². The van der Waals surface area contributed by atoms with Crippen molar-refractivity contribution in [3.63, 3.8) is 0 Å². The summed E-state index contributed by atoms with van der Waals surface area (Å²) in [7, 11) is 0. The van der Waals surface area contributed by atoms with Crippen LogP contribution in [0.1, 0.15) is 50.8 Å². The van der Waals surface area contributed by atoms with Crippen molar-refractivity contribution in [1.29, 1.82) is 0 Å². The largest absolute Gasteiger partial charge is 0.480 e. The standard InChI is InChI=1S/C20H31N3O3/c1-5-23(12-18(24)25)16-10-15(11-16)21-20(26)22-19(13(2)3)17-9-7-6-8-14(17)4/h6-9,13,15-16,19H,5,10-12H2,1-4H3,(H,24,25)(H2,21,22,26). The average molecular weight is 361 g/mol. The van der Waals surface area contributed by atoms with E-state index in [1.165, 1.54) is 5.56 Å². The Bertz CT molecular complexity index is 626. The summed E-state index contributed by atoms with van der Waals surface area (Å²) in [5, 5.41) is 15.1. The van der Waals surface area contributed by atoms with Gasteiger partial charge in [0.1, 0.15) is 0 Å². The lowest BCUT2D eigenvalue weighted by atomic mass is 9.85. The molecule has 2 amide bonds. The third-order valence-corrected chi connectivity index (χ3v) is 5.19. The topological polar surface area (TPSA) is 81.7 Å². The molecule has 0 spiro atoms. The highest BCUT2D eigenvalue weighted by Crippen LogP contribution is 2.27. The van der Waals surface area contributed by atoms with E-state index in [4.69, 9.17) is 5.11 Å². The number of benzene rings is 1. The summed E-state index contributed by atoms with van der Waals surface area (Å²) < 4.78 is 0. The third-order valence-electron chi connectivity index (χ3n) is 5.19. The molecule has 1 aromatic rings. The van der Waals surface area contributed by atoms with E-state index in [0.29, 0.717) is 6.54 Å². The number of nitrogens with zero attached hydrogens (tertiary/aromatic N) is 1. The fourth-order valence-electron chi connectivity index (χ4n) is 3.58. The van der Waals surface area contributed by atoms with Crippen molar-refractivity contribution in [2.45, 2.75) is 58.7 Å². The molecular weight excluding hydrogens is 330 g/mol. The van der Waals surface area contributed by atoms with Crippen LogP contribution in [0.5, 0.6) is 0 Å². The quantitative estimate of drug-likeness (QED) is 0.665. The summed E-state index contributed by atoms with van der Waals surface area (Å²) >= 11 is 0. The van der Waals surface area contributed by atoms with Gasteiger partial charge in [0.05, 0.1) is 12.6 Å². The van der Waals surface area contributed by atoms with Gasteiger partial charge >= 0.3 is 12.0 Å². The van der Waals surface area contributed by atoms with Crippen molar-refractivity contribution in [3.05, 3.63) is 35.4 Å². The minimum absolute atomic E-state index is 0.0359. The van der Waals surface area contributed by atoms with Gasteiger partial charge in [0.2, 0.25) is 0 Å². The lowest BCUT2D eigenvalue weighted by Crippen LogP contribution is -2.56. The zero-order valence-electron chi connectivity index (χ0n) is 16.2. The van der Waals surface area contributed by atoms with Crippen LogP contribution in [0.25, 0.3) is 0 Å². The number of nitrogens with one attached hydrogen (secondary N) is 2. The first-order chi connectivity index (χ1) is 12.3. The molecular formula is C20H31N3O3. The van der Waals surface area contributed by atoms with E-state index in [0.717, 1.165) is 18.4 Å². The van der Waals surface area contributed by atoms with E-state index >= 15 is 0 Å². The van der Waals surface area contributed by atoms with Gasteiger partial charge < -0.3 is 15.7 Å². The first-order valence-corrected chi connectivity index (χ1v) is 9.40. The summed E-state index contributed by atoms with van der Waals surface area (Å²) in [5.74, 6) is -0.527. The molecule has 6 heteroatoms. The van der Waals surface area contributed by atoms with Gasteiger partial charge in [-0.15, -0.1) is 0 Å². The van der Waals surface area contributed by atoms with E-state index < -0.39 is 5.97 Å². The second-order valence-corrected chi connectivity index (χ2v) is 7.48. The molecule has 3 N–H and O–H groups in total. The van der Waals surface area contributed by atoms with Crippen LogP contribution in [0.3, 0.4) is 0 Å². The maximum atomic E-state index is 12.4. The lowest BCUT2D eigenvalue weighted by molar-refractivity contribution is -0.139. The second-order valence-electron chi connectivity index (χ2n) is 7.48. The molecule has 0 bridgehead atoms. The van der Waals surface area contributed by atoms with Crippen LogP contribution in [0, 0.1) is 12.8 Å². The second kappa shape index (κ2) is 9.03. The fraction of sp³-hybridized carbons (Fsp3) is 0.600. The Morgan fingerprint density at radius 1 is 1.27 bits per heavy atom. The Morgan fingerprint density at radius 3 is 2.46 bits per heavy atom. The summed E-state index contributed by atoms with van der Waals surface area (Å²) in [6.45, 7) is 8.99. The number of hydrogen-bond acceptors (Lipinski definition) is 3. The Balaban J connectivity index is 1.87. The van der Waals surface area contributed by atoms with Gasteiger partial charge in [-0.25, -0.2) is 4.79 Å². The molecule has 1 unspecified atom stereocenters. The molecule has 2 rings (SSSR count). The molecule has 0 aliphatic heterocycles. The molecule has 1 fully saturated rings. The first kappa shape index (κ1) is 20.2. The molecule has 144 valence electrons. The van der Waals surface area contributed by atoms with Gasteiger partial charge in [0, 0.05) is 12.1 Å². The van der Waals surface area contributed by atoms with Gasteiger partial charge in [0.15, 0.2) is 0 Å². The molecule has 6 nitrogen and oxygen atoms in total. The monoisotopic (exact) mass is 361 g/mol. The normalized spacial score (nSPS) is 20.5. The lowest BCUT2D eigenvalue weighted by Gasteiger charge is -2.42. The highest BCUT2D eigenvalue weighted by Gasteiger charge is 2.35. The molecule has 0 aromatic heterocycles. The van der Waals surface area contributed by atoms with Gasteiger partial charge in [-0.3, -0.25) is 9.69 Å². The summed E-state index contributed by atoms with van der Waals surface area (Å²) in [4.78, 5) is 25.3. The number of carbonyl (C=O) groups excluding carboxylic acids is 1. The van der Waals surface area contributed by atoms with Crippen molar-refractivity contribution in [2.75, 3.05) is 13.1 Å². The highest BCUT2D eigenvalue weighted by atomic mass is 16.4. The van der Waals surface area contributed by atoms with Gasteiger partial charge in [-0.1, -0.05) is 45.0 Å². The Labute approximate surface area is 156 Å². The Morgan fingerprint density at radius 2 is 1.92 bits per heavy atom. The molecule has 26 heavy (non-hydrogen) atoms. The predicted molar refractivity (Wildman–Crippen MR) is 102 cm³/mol. The van der Waals surface area contributed by atoms with Crippen LogP contribution in [-0.4, -0.2) is 47.2 Å². The van der Waals surface area contributed by atoms with E-state index in [-0.39, 0.29) is 36.6 Å². The highest BCUT2D eigenvalue weighted by molar-refractivity contribution is 5.75. The van der Waals surface area contributed by atoms with E-state index in [2.05, 4.69) is 43.5 Å². The van der Waals surface area contributed by atoms with Crippen LogP contribution in [0.15, 0.2) is 24.3 Å². The van der Waals surface area contributed by atoms with E-state index in [1.54, 1.807) is 0 Å². The van der Waals surface area contributed by atoms with Crippen LogP contribution in [0.2, 0.25) is 0 Å². The van der Waals surface area contributed by atoms with Crippen molar-refractivity contribution in [1.82, 2.24) is 15.5 Å².